The fourth-order valence-electron chi connectivity index (χ4n) is 4.15. The minimum Gasteiger partial charge on any atom is -0.489 e. The highest BCUT2D eigenvalue weighted by atomic mass is 16.5. The van der Waals surface area contributed by atoms with Crippen molar-refractivity contribution in [2.75, 3.05) is 5.32 Å². The lowest BCUT2D eigenvalue weighted by molar-refractivity contribution is -0.116. The Bertz CT molecular complexity index is 1430. The second kappa shape index (κ2) is 10.3. The van der Waals surface area contributed by atoms with Gasteiger partial charge in [0.2, 0.25) is 5.91 Å². The predicted molar refractivity (Wildman–Crippen MR) is 141 cm³/mol. The lowest BCUT2D eigenvalue weighted by Gasteiger charge is -2.13. The number of benzene rings is 4. The van der Waals surface area contributed by atoms with E-state index in [4.69, 9.17) is 4.74 Å². The van der Waals surface area contributed by atoms with Crippen LogP contribution in [0.25, 0.3) is 33.2 Å². The highest BCUT2D eigenvalue weighted by Gasteiger charge is 2.15. The molecule has 0 bridgehead atoms. The Morgan fingerprint density at radius 3 is 2.23 bits per heavy atom. The van der Waals surface area contributed by atoms with E-state index in [1.807, 2.05) is 55.5 Å². The van der Waals surface area contributed by atoms with Crippen LogP contribution in [0.5, 0.6) is 5.75 Å². The number of H-pyrrole nitrogens is 1. The smallest absolute Gasteiger partial charge is 0.225 e. The molecule has 0 unspecified atom stereocenters. The average Bonchev–Trinajstić information content (AvgIpc) is 3.29. The molecule has 2 N–H and O–H groups in total. The van der Waals surface area contributed by atoms with Crippen molar-refractivity contribution in [1.29, 1.82) is 0 Å². The molecule has 0 spiro atoms. The molecule has 0 radical (unpaired) electrons. The summed E-state index contributed by atoms with van der Waals surface area (Å²) in [6, 6.07) is 32.8. The number of nitrogens with zero attached hydrogens (tertiary/aromatic N) is 1. The maximum atomic E-state index is 12.2. The van der Waals surface area contributed by atoms with Crippen LogP contribution in [0.2, 0.25) is 0 Å². The minimum absolute atomic E-state index is 0.0303. The summed E-state index contributed by atoms with van der Waals surface area (Å²) in [5, 5.41) is 11.3. The maximum absolute atomic E-state index is 12.2. The Morgan fingerprint density at radius 2 is 1.51 bits per heavy atom. The van der Waals surface area contributed by atoms with Crippen LogP contribution in [0.15, 0.2) is 97.1 Å². The number of rotatable bonds is 8. The fraction of sp³-hybridized carbons (Fsp3) is 0.133. The molecule has 1 aromatic heterocycles. The van der Waals surface area contributed by atoms with E-state index in [1.165, 1.54) is 0 Å². The summed E-state index contributed by atoms with van der Waals surface area (Å²) >= 11 is 0. The Morgan fingerprint density at radius 1 is 0.857 bits per heavy atom. The molecule has 0 saturated heterocycles. The lowest BCUT2D eigenvalue weighted by atomic mass is 9.93. The molecule has 1 heterocycles. The summed E-state index contributed by atoms with van der Waals surface area (Å²) in [7, 11) is 0. The van der Waals surface area contributed by atoms with Crippen LogP contribution in [0, 0.1) is 0 Å². The molecule has 0 aliphatic heterocycles. The molecule has 5 nitrogen and oxygen atoms in total. The number of amides is 1. The van der Waals surface area contributed by atoms with Gasteiger partial charge in [0.1, 0.15) is 12.4 Å². The third-order valence-electron chi connectivity index (χ3n) is 5.93. The Labute approximate surface area is 204 Å². The van der Waals surface area contributed by atoms with Gasteiger partial charge in [0.15, 0.2) is 5.82 Å². The van der Waals surface area contributed by atoms with Crippen LogP contribution >= 0.6 is 0 Å². The summed E-state index contributed by atoms with van der Waals surface area (Å²) in [6.45, 7) is 2.52. The predicted octanol–water partition coefficient (Wildman–Crippen LogP) is 7.21. The van der Waals surface area contributed by atoms with E-state index in [1.54, 1.807) is 0 Å². The molecule has 5 heteroatoms. The van der Waals surface area contributed by atoms with Gasteiger partial charge in [0.05, 0.1) is 5.52 Å². The molecule has 5 rings (SSSR count). The third kappa shape index (κ3) is 5.09. The van der Waals surface area contributed by atoms with E-state index in [0.29, 0.717) is 18.8 Å². The summed E-state index contributed by atoms with van der Waals surface area (Å²) in [4.78, 5) is 12.2. The first kappa shape index (κ1) is 22.4. The van der Waals surface area contributed by atoms with E-state index in [-0.39, 0.29) is 5.91 Å². The van der Waals surface area contributed by atoms with Crippen molar-refractivity contribution >= 4 is 22.6 Å². The van der Waals surface area contributed by atoms with Crippen molar-refractivity contribution in [3.05, 3.63) is 103 Å². The van der Waals surface area contributed by atoms with Crippen molar-refractivity contribution in [1.82, 2.24) is 10.2 Å². The van der Waals surface area contributed by atoms with E-state index in [9.17, 15) is 4.79 Å². The number of hydrogen-bond donors (Lipinski definition) is 2. The SMILES string of the molecule is CCCC(=O)Nc1n[nH]c2cc(-c3ccc(OCc4ccccc4)cc3)c(-c3ccccc3)cc12. The number of carbonyl (C=O) groups is 1. The molecule has 0 fully saturated rings. The van der Waals surface area contributed by atoms with Crippen molar-refractivity contribution in [2.45, 2.75) is 26.4 Å². The molecule has 1 amide bonds. The molecule has 0 saturated carbocycles. The number of carbonyl (C=O) groups excluding carboxylic acids is 1. The van der Waals surface area contributed by atoms with Crippen molar-refractivity contribution in [2.24, 2.45) is 0 Å². The van der Waals surface area contributed by atoms with Gasteiger partial charge in [0, 0.05) is 11.8 Å². The number of fused-ring (bicyclic) bond motifs is 1. The highest BCUT2D eigenvalue weighted by molar-refractivity contribution is 6.04. The first-order valence-electron chi connectivity index (χ1n) is 11.9. The number of aromatic nitrogens is 2. The largest absolute Gasteiger partial charge is 0.489 e. The number of hydrogen-bond acceptors (Lipinski definition) is 3. The van der Waals surface area contributed by atoms with E-state index in [0.717, 1.165) is 50.9 Å². The number of ether oxygens (including phenoxy) is 1. The van der Waals surface area contributed by atoms with E-state index in [2.05, 4.69) is 64.0 Å². The molecule has 0 aliphatic carbocycles. The van der Waals surface area contributed by atoms with Crippen molar-refractivity contribution < 1.29 is 9.53 Å². The van der Waals surface area contributed by atoms with Crippen LogP contribution in [0.4, 0.5) is 5.82 Å². The summed E-state index contributed by atoms with van der Waals surface area (Å²) in [5.41, 5.74) is 6.33. The van der Waals surface area contributed by atoms with Gasteiger partial charge in [-0.05, 0) is 58.5 Å². The van der Waals surface area contributed by atoms with Gasteiger partial charge in [-0.15, -0.1) is 0 Å². The molecule has 35 heavy (non-hydrogen) atoms. The molecular formula is C30H27N3O2. The molecular weight excluding hydrogens is 434 g/mol. The first-order valence-corrected chi connectivity index (χ1v) is 11.9. The summed E-state index contributed by atoms with van der Waals surface area (Å²) in [5.74, 6) is 1.35. The second-order valence-electron chi connectivity index (χ2n) is 8.48. The monoisotopic (exact) mass is 461 g/mol. The van der Waals surface area contributed by atoms with Crippen LogP contribution in [0.3, 0.4) is 0 Å². The van der Waals surface area contributed by atoms with Gasteiger partial charge >= 0.3 is 0 Å². The zero-order chi connectivity index (χ0) is 24.0. The average molecular weight is 462 g/mol. The first-order chi connectivity index (χ1) is 17.2. The van der Waals surface area contributed by atoms with Crippen molar-refractivity contribution in [3.8, 4) is 28.0 Å². The molecule has 4 aromatic carbocycles. The molecule has 0 aliphatic rings. The Balaban J connectivity index is 1.49. The topological polar surface area (TPSA) is 67.0 Å². The maximum Gasteiger partial charge on any atom is 0.225 e. The lowest BCUT2D eigenvalue weighted by Crippen LogP contribution is -2.11. The van der Waals surface area contributed by atoms with Gasteiger partial charge in [0.25, 0.3) is 0 Å². The molecule has 174 valence electrons. The van der Waals surface area contributed by atoms with Gasteiger partial charge < -0.3 is 10.1 Å². The number of aromatic amines is 1. The number of nitrogens with one attached hydrogen (secondary N) is 2. The minimum atomic E-state index is -0.0303. The van der Waals surface area contributed by atoms with Gasteiger partial charge in [-0.1, -0.05) is 79.7 Å². The zero-order valence-corrected chi connectivity index (χ0v) is 19.6. The Hall–Kier alpha value is -4.38. The summed E-state index contributed by atoms with van der Waals surface area (Å²) in [6.07, 6.45) is 1.26. The highest BCUT2D eigenvalue weighted by Crippen LogP contribution is 2.37. The van der Waals surface area contributed by atoms with Gasteiger partial charge in [-0.25, -0.2) is 0 Å². The second-order valence-corrected chi connectivity index (χ2v) is 8.48. The number of anilines is 1. The van der Waals surface area contributed by atoms with E-state index >= 15 is 0 Å². The normalized spacial score (nSPS) is 10.9. The van der Waals surface area contributed by atoms with Crippen LogP contribution in [0.1, 0.15) is 25.3 Å². The molecule has 5 aromatic rings. The third-order valence-corrected chi connectivity index (χ3v) is 5.93. The Kier molecular flexibility index (Phi) is 6.57. The van der Waals surface area contributed by atoms with Crippen LogP contribution in [-0.4, -0.2) is 16.1 Å². The molecule has 0 atom stereocenters. The summed E-state index contributed by atoms with van der Waals surface area (Å²) < 4.78 is 5.97. The quantitative estimate of drug-likeness (QED) is 0.256. The zero-order valence-electron chi connectivity index (χ0n) is 19.6. The van der Waals surface area contributed by atoms with Gasteiger partial charge in [-0.2, -0.15) is 5.10 Å². The van der Waals surface area contributed by atoms with Crippen LogP contribution < -0.4 is 10.1 Å². The van der Waals surface area contributed by atoms with Gasteiger partial charge in [-0.3, -0.25) is 9.89 Å². The van der Waals surface area contributed by atoms with Crippen molar-refractivity contribution in [3.63, 3.8) is 0 Å². The standard InChI is InChI=1S/C30H27N3O2/c1-2-9-29(34)31-30-27-18-25(22-12-7-4-8-13-22)26(19-28(27)32-33-30)23-14-16-24(17-15-23)35-20-21-10-5-3-6-11-21/h3-8,10-19H,2,9,20H2,1H3,(H2,31,32,33,34). The fourth-order valence-corrected chi connectivity index (χ4v) is 4.15. The van der Waals surface area contributed by atoms with E-state index < -0.39 is 0 Å². The van der Waals surface area contributed by atoms with Crippen LogP contribution in [-0.2, 0) is 11.4 Å².